The van der Waals surface area contributed by atoms with Crippen LogP contribution in [0.4, 0.5) is 5.69 Å². The predicted octanol–water partition coefficient (Wildman–Crippen LogP) is 5.59. The fourth-order valence-electron chi connectivity index (χ4n) is 3.00. The van der Waals surface area contributed by atoms with E-state index in [1.165, 1.54) is 0 Å². The molecule has 0 aliphatic heterocycles. The number of hydrogen-bond donors (Lipinski definition) is 2. The standard InChI is InChI=1S/C23H20N4O2S/c1-15-5-3-7-20(16(15)2)29-22-19(6-4-12-24-22)26-21(28)17-8-10-18(11-9-17)27-14-13-25-23(27)30/h3-14H,1-2H3,(H,25,30)(H,26,28). The second-order valence-corrected chi connectivity index (χ2v) is 7.18. The van der Waals surface area contributed by atoms with E-state index in [4.69, 9.17) is 17.0 Å². The van der Waals surface area contributed by atoms with Crippen molar-refractivity contribution >= 4 is 23.8 Å². The molecule has 0 radical (unpaired) electrons. The third kappa shape index (κ3) is 4.01. The molecule has 2 heterocycles. The van der Waals surface area contributed by atoms with Gasteiger partial charge in [0.2, 0.25) is 5.88 Å². The van der Waals surface area contributed by atoms with E-state index in [0.717, 1.165) is 16.8 Å². The summed E-state index contributed by atoms with van der Waals surface area (Å²) in [5.74, 6) is 0.796. The van der Waals surface area contributed by atoms with E-state index in [1.54, 1.807) is 36.7 Å². The van der Waals surface area contributed by atoms with E-state index in [2.05, 4.69) is 15.3 Å². The largest absolute Gasteiger partial charge is 0.437 e. The summed E-state index contributed by atoms with van der Waals surface area (Å²) in [6.45, 7) is 4.01. The van der Waals surface area contributed by atoms with Crippen LogP contribution in [0.15, 0.2) is 73.2 Å². The Morgan fingerprint density at radius 2 is 1.90 bits per heavy atom. The van der Waals surface area contributed by atoms with Gasteiger partial charge in [0.05, 0.1) is 0 Å². The third-order valence-electron chi connectivity index (χ3n) is 4.84. The molecule has 2 N–H and O–H groups in total. The number of anilines is 1. The van der Waals surface area contributed by atoms with Crippen molar-refractivity contribution in [1.82, 2.24) is 14.5 Å². The van der Waals surface area contributed by atoms with Gasteiger partial charge in [-0.25, -0.2) is 4.98 Å². The average Bonchev–Trinajstić information content (AvgIpc) is 3.18. The topological polar surface area (TPSA) is 71.9 Å². The number of aryl methyl sites for hydroxylation is 1. The molecule has 1 amide bonds. The minimum absolute atomic E-state index is 0.252. The molecular formula is C23H20N4O2S. The summed E-state index contributed by atoms with van der Waals surface area (Å²) in [4.78, 5) is 20.0. The van der Waals surface area contributed by atoms with Crippen LogP contribution in [0.2, 0.25) is 0 Å². The van der Waals surface area contributed by atoms with Gasteiger partial charge in [0.1, 0.15) is 11.4 Å². The highest BCUT2D eigenvalue weighted by molar-refractivity contribution is 7.71. The number of nitrogens with zero attached hydrogens (tertiary/aromatic N) is 2. The van der Waals surface area contributed by atoms with Crippen LogP contribution in [0.5, 0.6) is 11.6 Å². The Morgan fingerprint density at radius 3 is 2.63 bits per heavy atom. The van der Waals surface area contributed by atoms with E-state index >= 15 is 0 Å². The lowest BCUT2D eigenvalue weighted by Crippen LogP contribution is -2.13. The first-order chi connectivity index (χ1) is 14.5. The number of hydrogen-bond acceptors (Lipinski definition) is 4. The molecule has 0 saturated carbocycles. The number of pyridine rings is 1. The van der Waals surface area contributed by atoms with Crippen LogP contribution in [-0.2, 0) is 0 Å². The number of benzene rings is 2. The highest BCUT2D eigenvalue weighted by Crippen LogP contribution is 2.30. The lowest BCUT2D eigenvalue weighted by Gasteiger charge is -2.13. The number of imidazole rings is 1. The first kappa shape index (κ1) is 19.6. The summed E-state index contributed by atoms with van der Waals surface area (Å²) in [5.41, 5.74) is 4.04. The van der Waals surface area contributed by atoms with Gasteiger partial charge < -0.3 is 15.0 Å². The average molecular weight is 417 g/mol. The second-order valence-electron chi connectivity index (χ2n) is 6.79. The Balaban J connectivity index is 1.55. The maximum Gasteiger partial charge on any atom is 0.255 e. The van der Waals surface area contributed by atoms with Crippen molar-refractivity contribution < 1.29 is 9.53 Å². The third-order valence-corrected chi connectivity index (χ3v) is 5.15. The SMILES string of the molecule is Cc1cccc(Oc2ncccc2NC(=O)c2ccc(-n3cc[nH]c3=S)cc2)c1C. The first-order valence-corrected chi connectivity index (χ1v) is 9.80. The Morgan fingerprint density at radius 1 is 1.10 bits per heavy atom. The summed E-state index contributed by atoms with van der Waals surface area (Å²) in [7, 11) is 0. The van der Waals surface area contributed by atoms with Gasteiger partial charge in [-0.05, 0) is 79.7 Å². The summed E-state index contributed by atoms with van der Waals surface area (Å²) >= 11 is 5.23. The molecule has 4 rings (SSSR count). The Hall–Kier alpha value is -3.71. The summed E-state index contributed by atoms with van der Waals surface area (Å²) in [5, 5.41) is 2.89. The lowest BCUT2D eigenvalue weighted by molar-refractivity contribution is 0.102. The number of aromatic nitrogens is 3. The van der Waals surface area contributed by atoms with Gasteiger partial charge >= 0.3 is 0 Å². The number of amides is 1. The van der Waals surface area contributed by atoms with Gasteiger partial charge in [0, 0.05) is 29.8 Å². The number of rotatable bonds is 5. The molecule has 0 aliphatic carbocycles. The molecule has 0 fully saturated rings. The van der Waals surface area contributed by atoms with Gasteiger partial charge in [-0.1, -0.05) is 12.1 Å². The van der Waals surface area contributed by atoms with E-state index in [9.17, 15) is 4.79 Å². The molecule has 0 spiro atoms. The number of nitrogens with one attached hydrogen (secondary N) is 2. The molecule has 2 aromatic carbocycles. The van der Waals surface area contributed by atoms with E-state index < -0.39 is 0 Å². The normalized spacial score (nSPS) is 10.6. The Bertz CT molecular complexity index is 1260. The Labute approximate surface area is 179 Å². The zero-order valence-corrected chi connectivity index (χ0v) is 17.4. The number of H-pyrrole nitrogens is 1. The molecule has 0 unspecified atom stereocenters. The van der Waals surface area contributed by atoms with Crippen LogP contribution < -0.4 is 10.1 Å². The van der Waals surface area contributed by atoms with Crippen molar-refractivity contribution in [3.8, 4) is 17.3 Å². The predicted molar refractivity (Wildman–Crippen MR) is 119 cm³/mol. The zero-order chi connectivity index (χ0) is 21.1. The van der Waals surface area contributed by atoms with Gasteiger partial charge in [0.15, 0.2) is 4.77 Å². The fraction of sp³-hybridized carbons (Fsp3) is 0.0870. The lowest BCUT2D eigenvalue weighted by atomic mass is 10.1. The van der Waals surface area contributed by atoms with Crippen LogP contribution >= 0.6 is 12.2 Å². The molecule has 4 aromatic rings. The number of carbonyl (C=O) groups excluding carboxylic acids is 1. The van der Waals surface area contributed by atoms with Crippen LogP contribution in [0, 0.1) is 18.6 Å². The highest BCUT2D eigenvalue weighted by Gasteiger charge is 2.13. The van der Waals surface area contributed by atoms with Gasteiger partial charge in [-0.15, -0.1) is 0 Å². The zero-order valence-electron chi connectivity index (χ0n) is 16.5. The monoisotopic (exact) mass is 416 g/mol. The second kappa shape index (κ2) is 8.34. The fourth-order valence-corrected chi connectivity index (χ4v) is 3.23. The minimum Gasteiger partial charge on any atom is -0.437 e. The summed E-state index contributed by atoms with van der Waals surface area (Å²) < 4.78 is 8.42. The smallest absolute Gasteiger partial charge is 0.255 e. The molecular weight excluding hydrogens is 396 g/mol. The summed E-state index contributed by atoms with van der Waals surface area (Å²) in [6.07, 6.45) is 5.23. The van der Waals surface area contributed by atoms with Crippen molar-refractivity contribution in [1.29, 1.82) is 0 Å². The van der Waals surface area contributed by atoms with E-state index in [1.807, 2.05) is 54.9 Å². The molecule has 0 bridgehead atoms. The molecule has 2 aromatic heterocycles. The summed E-state index contributed by atoms with van der Waals surface area (Å²) in [6, 6.07) is 16.5. The van der Waals surface area contributed by atoms with Crippen molar-refractivity contribution in [2.45, 2.75) is 13.8 Å². The molecule has 0 aliphatic rings. The van der Waals surface area contributed by atoms with Crippen molar-refractivity contribution in [3.05, 3.63) is 94.6 Å². The van der Waals surface area contributed by atoms with Crippen molar-refractivity contribution in [2.24, 2.45) is 0 Å². The van der Waals surface area contributed by atoms with Gasteiger partial charge in [0.25, 0.3) is 5.91 Å². The van der Waals surface area contributed by atoms with Crippen LogP contribution in [0.25, 0.3) is 5.69 Å². The molecule has 6 nitrogen and oxygen atoms in total. The molecule has 7 heteroatoms. The van der Waals surface area contributed by atoms with E-state index in [0.29, 0.717) is 27.7 Å². The highest BCUT2D eigenvalue weighted by atomic mass is 32.1. The maximum absolute atomic E-state index is 12.8. The quantitative estimate of drug-likeness (QED) is 0.416. The van der Waals surface area contributed by atoms with Crippen LogP contribution in [-0.4, -0.2) is 20.4 Å². The van der Waals surface area contributed by atoms with Crippen molar-refractivity contribution in [3.63, 3.8) is 0 Å². The molecule has 150 valence electrons. The van der Waals surface area contributed by atoms with Gasteiger partial charge in [-0.3, -0.25) is 9.36 Å². The maximum atomic E-state index is 12.8. The van der Waals surface area contributed by atoms with E-state index in [-0.39, 0.29) is 5.91 Å². The van der Waals surface area contributed by atoms with Crippen LogP contribution in [0.1, 0.15) is 21.5 Å². The first-order valence-electron chi connectivity index (χ1n) is 9.40. The minimum atomic E-state index is -0.252. The molecule has 0 saturated heterocycles. The molecule has 30 heavy (non-hydrogen) atoms. The number of carbonyl (C=O) groups is 1. The number of aromatic amines is 1. The van der Waals surface area contributed by atoms with Crippen molar-refractivity contribution in [2.75, 3.05) is 5.32 Å². The number of ether oxygens (including phenoxy) is 1. The van der Waals surface area contributed by atoms with Gasteiger partial charge in [-0.2, -0.15) is 0 Å². The Kier molecular flexibility index (Phi) is 5.45. The molecule has 0 atom stereocenters. The van der Waals surface area contributed by atoms with Crippen LogP contribution in [0.3, 0.4) is 0 Å².